The Morgan fingerprint density at radius 3 is 2.57 bits per heavy atom. The molecule has 10 nitrogen and oxygen atoms in total. The highest BCUT2D eigenvalue weighted by molar-refractivity contribution is 9.09. The lowest BCUT2D eigenvalue weighted by molar-refractivity contribution is -0.148. The maximum atomic E-state index is 14.9. The van der Waals surface area contributed by atoms with E-state index in [1.54, 1.807) is 43.3 Å². The molecule has 44 heavy (non-hydrogen) atoms. The minimum Gasteiger partial charge on any atom is -0.394 e. The van der Waals surface area contributed by atoms with E-state index in [9.17, 15) is 19.5 Å². The molecular formula is C32H43BrN6O4S. The second kappa shape index (κ2) is 13.3. The van der Waals surface area contributed by atoms with Crippen molar-refractivity contribution in [3.8, 4) is 0 Å². The third-order valence-electron chi connectivity index (χ3n) is 9.63. The van der Waals surface area contributed by atoms with E-state index in [0.29, 0.717) is 19.5 Å². The van der Waals surface area contributed by atoms with Crippen LogP contribution in [0.1, 0.15) is 40.0 Å². The topological polar surface area (TPSA) is 112 Å². The first-order valence-electron chi connectivity index (χ1n) is 15.5. The van der Waals surface area contributed by atoms with E-state index in [1.807, 2.05) is 45.0 Å². The number of aliphatic hydroxyl groups excluding tert-OH is 1. The van der Waals surface area contributed by atoms with Gasteiger partial charge >= 0.3 is 0 Å². The predicted molar refractivity (Wildman–Crippen MR) is 176 cm³/mol. The number of para-hydroxylation sites is 1. The van der Waals surface area contributed by atoms with Gasteiger partial charge in [-0.2, -0.15) is 0 Å². The zero-order chi connectivity index (χ0) is 31.8. The van der Waals surface area contributed by atoms with Gasteiger partial charge in [0, 0.05) is 29.7 Å². The van der Waals surface area contributed by atoms with Crippen LogP contribution in [0, 0.1) is 17.8 Å². The average molecular weight is 688 g/mol. The lowest BCUT2D eigenvalue weighted by Crippen LogP contribution is -2.59. The van der Waals surface area contributed by atoms with Crippen LogP contribution >= 0.6 is 27.7 Å². The van der Waals surface area contributed by atoms with Crippen molar-refractivity contribution in [2.24, 2.45) is 17.8 Å². The van der Waals surface area contributed by atoms with Gasteiger partial charge in [0.15, 0.2) is 0 Å². The van der Waals surface area contributed by atoms with Crippen LogP contribution < -0.4 is 0 Å². The van der Waals surface area contributed by atoms with Crippen molar-refractivity contribution >= 4 is 56.4 Å². The first-order valence-corrected chi connectivity index (χ1v) is 17.3. The number of hydrogen-bond donors (Lipinski definition) is 1. The molecule has 12 heteroatoms. The molecule has 2 aromatic rings. The van der Waals surface area contributed by atoms with Crippen molar-refractivity contribution in [3.05, 3.63) is 49.6 Å². The number of halogens is 1. The number of rotatable bonds is 14. The van der Waals surface area contributed by atoms with Gasteiger partial charge in [0.1, 0.15) is 18.2 Å². The van der Waals surface area contributed by atoms with Crippen LogP contribution in [0.2, 0.25) is 0 Å². The monoisotopic (exact) mass is 686 g/mol. The Labute approximate surface area is 272 Å². The van der Waals surface area contributed by atoms with Gasteiger partial charge in [0.05, 0.1) is 34.7 Å². The number of carbonyl (C=O) groups excluding carboxylic acids is 3. The lowest BCUT2D eigenvalue weighted by Gasteiger charge is -2.41. The normalized spacial score (nSPS) is 28.6. The highest BCUT2D eigenvalue weighted by atomic mass is 79.9. The standard InChI is InChI=1S/C32H43BrN6O4S/c1-6-14-36(15-7-2)29(41)25-26-30(42)39(24(18-40)20(5)9-4)28(32(26)17-21(33)27(25)44-32)31(43)37(16-8-3)19-38-23-13-11-10-12-22(23)34-35-38/h6,8,10-13,20-21,24-28,40H,1,3,7,9,14-19H2,2,4-5H3/t20-,21?,24-,25+,26-,27+,28?,32?/m0/s1. The summed E-state index contributed by atoms with van der Waals surface area (Å²) in [6.45, 7) is 14.8. The largest absolute Gasteiger partial charge is 0.394 e. The summed E-state index contributed by atoms with van der Waals surface area (Å²) >= 11 is 5.48. The summed E-state index contributed by atoms with van der Waals surface area (Å²) in [7, 11) is 0. The Bertz CT molecular complexity index is 1420. The first kappa shape index (κ1) is 32.7. The third kappa shape index (κ3) is 5.30. The molecule has 0 radical (unpaired) electrons. The molecule has 2 bridgehead atoms. The van der Waals surface area contributed by atoms with Crippen LogP contribution in [-0.4, -0.2) is 106 Å². The van der Waals surface area contributed by atoms with Crippen molar-refractivity contribution < 1.29 is 19.5 Å². The molecule has 3 aliphatic rings. The smallest absolute Gasteiger partial charge is 0.248 e. The van der Waals surface area contributed by atoms with Gasteiger partial charge in [-0.3, -0.25) is 14.4 Å². The summed E-state index contributed by atoms with van der Waals surface area (Å²) in [4.78, 5) is 48.9. The Balaban J connectivity index is 1.60. The van der Waals surface area contributed by atoms with Gasteiger partial charge in [0.2, 0.25) is 17.7 Å². The quantitative estimate of drug-likeness (QED) is 0.238. The zero-order valence-electron chi connectivity index (χ0n) is 25.7. The molecule has 3 amide bonds. The number of benzene rings is 1. The van der Waals surface area contributed by atoms with E-state index in [2.05, 4.69) is 39.4 Å². The number of amides is 3. The van der Waals surface area contributed by atoms with E-state index in [-0.39, 0.29) is 53.5 Å². The summed E-state index contributed by atoms with van der Waals surface area (Å²) in [6, 6.07) is 6.12. The van der Waals surface area contributed by atoms with Crippen LogP contribution in [0.4, 0.5) is 0 Å². The molecule has 1 aromatic heterocycles. The summed E-state index contributed by atoms with van der Waals surface area (Å²) in [5, 5.41) is 19.1. The molecule has 0 aliphatic carbocycles. The number of fused-ring (bicyclic) bond motifs is 2. The minimum atomic E-state index is -0.868. The van der Waals surface area contributed by atoms with E-state index in [1.165, 1.54) is 0 Å². The van der Waals surface area contributed by atoms with Gasteiger partial charge in [-0.25, -0.2) is 4.68 Å². The molecule has 1 aromatic carbocycles. The summed E-state index contributed by atoms with van der Waals surface area (Å²) in [5.41, 5.74) is 1.51. The van der Waals surface area contributed by atoms with Crippen LogP contribution in [0.3, 0.4) is 0 Å². The fourth-order valence-corrected chi connectivity index (χ4v) is 11.0. The molecule has 1 spiro atoms. The van der Waals surface area contributed by atoms with Gasteiger partial charge < -0.3 is 19.8 Å². The van der Waals surface area contributed by atoms with Crippen molar-refractivity contribution in [1.82, 2.24) is 29.7 Å². The fourth-order valence-electron chi connectivity index (χ4n) is 7.46. The Hall–Kier alpha value is -2.70. The van der Waals surface area contributed by atoms with E-state index < -0.39 is 28.7 Å². The SMILES string of the molecule is C=CCN(Cn1nnc2ccccc21)C(=O)C1N([C@@H](CO)[C@@H](C)CC)C(=O)[C@@H]2[C@@H](C(=O)N(CC=C)CCC)[C@@H]3SC12CC3Br. The molecule has 3 saturated heterocycles. The predicted octanol–water partition coefficient (Wildman–Crippen LogP) is 3.70. The second-order valence-corrected chi connectivity index (χ2v) is 14.9. The summed E-state index contributed by atoms with van der Waals surface area (Å²) in [5.74, 6) is -1.83. The van der Waals surface area contributed by atoms with Gasteiger partial charge in [-0.1, -0.05) is 72.6 Å². The Morgan fingerprint density at radius 2 is 1.91 bits per heavy atom. The number of alkyl halides is 1. The van der Waals surface area contributed by atoms with Crippen molar-refractivity contribution in [3.63, 3.8) is 0 Å². The molecule has 3 unspecified atom stereocenters. The van der Waals surface area contributed by atoms with E-state index in [0.717, 1.165) is 23.9 Å². The van der Waals surface area contributed by atoms with Crippen molar-refractivity contribution in [2.45, 2.75) is 73.6 Å². The number of likely N-dealkylation sites (tertiary alicyclic amines) is 1. The number of thioether (sulfide) groups is 1. The molecule has 5 rings (SSSR count). The lowest BCUT2D eigenvalue weighted by atomic mass is 9.70. The molecule has 8 atom stereocenters. The van der Waals surface area contributed by atoms with Crippen molar-refractivity contribution in [1.29, 1.82) is 0 Å². The highest BCUT2D eigenvalue weighted by Crippen LogP contribution is 2.68. The van der Waals surface area contributed by atoms with Crippen LogP contribution in [0.15, 0.2) is 49.6 Å². The Morgan fingerprint density at radius 1 is 1.20 bits per heavy atom. The summed E-state index contributed by atoms with van der Waals surface area (Å²) < 4.78 is 0.853. The molecule has 0 saturated carbocycles. The number of aliphatic hydroxyl groups is 1. The maximum Gasteiger partial charge on any atom is 0.248 e. The minimum absolute atomic E-state index is 0.0451. The zero-order valence-corrected chi connectivity index (χ0v) is 28.1. The molecule has 1 N–H and O–H groups in total. The summed E-state index contributed by atoms with van der Waals surface area (Å²) in [6.07, 6.45) is 5.46. The highest BCUT2D eigenvalue weighted by Gasteiger charge is 2.76. The van der Waals surface area contributed by atoms with E-state index >= 15 is 0 Å². The van der Waals surface area contributed by atoms with Crippen LogP contribution in [0.25, 0.3) is 11.0 Å². The average Bonchev–Trinajstić information content (AvgIpc) is 3.74. The van der Waals surface area contributed by atoms with Crippen LogP contribution in [-0.2, 0) is 21.1 Å². The molecule has 4 heterocycles. The third-order valence-corrected chi connectivity index (χ3v) is 12.9. The van der Waals surface area contributed by atoms with Gasteiger partial charge in [-0.15, -0.1) is 30.0 Å². The fraction of sp³-hybridized carbons (Fsp3) is 0.594. The van der Waals surface area contributed by atoms with Gasteiger partial charge in [0.25, 0.3) is 0 Å². The van der Waals surface area contributed by atoms with Crippen LogP contribution in [0.5, 0.6) is 0 Å². The molecule has 3 aliphatic heterocycles. The molecule has 238 valence electrons. The number of aromatic nitrogens is 3. The number of carbonyl (C=O) groups is 3. The van der Waals surface area contributed by atoms with Crippen molar-refractivity contribution in [2.75, 3.05) is 26.2 Å². The first-order chi connectivity index (χ1) is 21.2. The number of nitrogens with zero attached hydrogens (tertiary/aromatic N) is 6. The molecular weight excluding hydrogens is 644 g/mol. The maximum absolute atomic E-state index is 14.9. The van der Waals surface area contributed by atoms with Gasteiger partial charge in [-0.05, 0) is 30.9 Å². The Kier molecular flexibility index (Phi) is 9.91. The van der Waals surface area contributed by atoms with E-state index in [4.69, 9.17) is 0 Å². The number of hydrogen-bond acceptors (Lipinski definition) is 7. The molecule has 3 fully saturated rings. The second-order valence-electron chi connectivity index (χ2n) is 12.2.